The molecule has 4 aromatic rings. The molecule has 1 N–H and O–H groups in total. The Balaban J connectivity index is 1.21. The number of carbonyl (C=O) groups excluding carboxylic acids is 3. The number of likely N-dealkylation sites (tertiary alicyclic amines) is 1. The van der Waals surface area contributed by atoms with Crippen molar-refractivity contribution in [3.8, 4) is 11.5 Å². The summed E-state index contributed by atoms with van der Waals surface area (Å²) in [5.74, 6) is 0.213. The molecule has 220 valence electrons. The first kappa shape index (κ1) is 30.0. The largest absolute Gasteiger partial charge is 0.457 e. The lowest BCUT2D eigenvalue weighted by molar-refractivity contribution is -0.131. The van der Waals surface area contributed by atoms with Gasteiger partial charge in [0.25, 0.3) is 0 Å². The van der Waals surface area contributed by atoms with Gasteiger partial charge in [0.15, 0.2) is 5.78 Å². The predicted molar refractivity (Wildman–Crippen MR) is 165 cm³/mol. The van der Waals surface area contributed by atoms with Crippen molar-refractivity contribution in [3.05, 3.63) is 131 Å². The highest BCUT2D eigenvalue weighted by molar-refractivity contribution is 6.30. The number of hydrogen-bond acceptors (Lipinski definition) is 5. The molecule has 1 saturated heterocycles. The van der Waals surface area contributed by atoms with Gasteiger partial charge in [-0.1, -0.05) is 84.4 Å². The van der Waals surface area contributed by atoms with E-state index in [-0.39, 0.29) is 43.6 Å². The number of hydrogen-bond donors (Lipinski definition) is 1. The summed E-state index contributed by atoms with van der Waals surface area (Å²) in [6.45, 7) is 1.00. The van der Waals surface area contributed by atoms with Crippen LogP contribution in [0, 0.1) is 5.92 Å². The van der Waals surface area contributed by atoms with Gasteiger partial charge in [0.2, 0.25) is 11.8 Å². The number of nitrogens with one attached hydrogen (secondary N) is 1. The van der Waals surface area contributed by atoms with Crippen LogP contribution in [0.4, 0.5) is 0 Å². The maximum atomic E-state index is 13.5. The molecule has 5 rings (SSSR count). The van der Waals surface area contributed by atoms with Crippen LogP contribution in [0.1, 0.15) is 23.1 Å². The summed E-state index contributed by atoms with van der Waals surface area (Å²) in [7, 11) is 0. The topological polar surface area (TPSA) is 84.9 Å². The Morgan fingerprint density at radius 3 is 2.14 bits per heavy atom. The number of ether oxygens (including phenoxy) is 2. The summed E-state index contributed by atoms with van der Waals surface area (Å²) in [4.78, 5) is 41.2. The molecule has 0 spiro atoms. The lowest BCUT2D eigenvalue weighted by Crippen LogP contribution is -2.47. The van der Waals surface area contributed by atoms with Crippen molar-refractivity contribution in [2.75, 3.05) is 13.2 Å². The zero-order valence-corrected chi connectivity index (χ0v) is 24.4. The number of halogens is 1. The Morgan fingerprint density at radius 2 is 1.44 bits per heavy atom. The number of amides is 2. The van der Waals surface area contributed by atoms with E-state index in [4.69, 9.17) is 21.1 Å². The molecule has 43 heavy (non-hydrogen) atoms. The van der Waals surface area contributed by atoms with Gasteiger partial charge in [-0.05, 0) is 53.1 Å². The third-order valence-corrected chi connectivity index (χ3v) is 7.51. The van der Waals surface area contributed by atoms with Crippen molar-refractivity contribution in [1.29, 1.82) is 0 Å². The monoisotopic (exact) mass is 596 g/mol. The smallest absolute Gasteiger partial charge is 0.226 e. The van der Waals surface area contributed by atoms with Crippen LogP contribution >= 0.6 is 11.6 Å². The highest BCUT2D eigenvalue weighted by atomic mass is 35.5. The molecule has 7 nitrogen and oxygen atoms in total. The van der Waals surface area contributed by atoms with E-state index in [1.165, 1.54) is 0 Å². The average molecular weight is 597 g/mol. The summed E-state index contributed by atoms with van der Waals surface area (Å²) in [5.41, 5.74) is 2.69. The van der Waals surface area contributed by atoms with Gasteiger partial charge in [-0.25, -0.2) is 0 Å². The van der Waals surface area contributed by atoms with Crippen LogP contribution in [0.3, 0.4) is 0 Å². The Bertz CT molecular complexity index is 1510. The minimum Gasteiger partial charge on any atom is -0.457 e. The number of ketones is 1. The highest BCUT2D eigenvalue weighted by Crippen LogP contribution is 2.23. The van der Waals surface area contributed by atoms with Crippen molar-refractivity contribution in [2.45, 2.75) is 32.0 Å². The molecule has 0 saturated carbocycles. The summed E-state index contributed by atoms with van der Waals surface area (Å²) >= 11 is 5.98. The first-order valence-corrected chi connectivity index (χ1v) is 14.6. The first-order chi connectivity index (χ1) is 20.9. The van der Waals surface area contributed by atoms with Gasteiger partial charge in [0, 0.05) is 31.0 Å². The minimum absolute atomic E-state index is 0.0177. The number of Topliss-reactive ketones (excluding diaryl/α,β-unsaturated/α-hetero) is 1. The quantitative estimate of drug-likeness (QED) is 0.205. The Kier molecular flexibility index (Phi) is 10.2. The van der Waals surface area contributed by atoms with Crippen LogP contribution in [0.2, 0.25) is 5.02 Å². The Labute approximate surface area is 256 Å². The molecule has 1 aliphatic heterocycles. The van der Waals surface area contributed by atoms with E-state index in [1.54, 1.807) is 17.0 Å². The standard InChI is InChI=1S/C35H33ClN2O5/c36-29-15-11-26(12-16-29)21-38-22-28(20-34(38)40)35(41)37-32(24-42-23-27-7-3-1-4-8-27)33(39)19-25-13-17-31(18-14-25)43-30-9-5-2-6-10-30/h1-18,28,32H,19-24H2,(H,37,41). The zero-order chi connectivity index (χ0) is 30.0. The number of para-hydroxylation sites is 1. The molecular weight excluding hydrogens is 564 g/mol. The number of benzene rings is 4. The molecule has 2 amide bonds. The second kappa shape index (κ2) is 14.6. The fraction of sp³-hybridized carbons (Fsp3) is 0.229. The Hall–Kier alpha value is -4.46. The predicted octanol–water partition coefficient (Wildman–Crippen LogP) is 5.99. The molecular formula is C35H33ClN2O5. The molecule has 8 heteroatoms. The van der Waals surface area contributed by atoms with Crippen LogP contribution in [0.5, 0.6) is 11.5 Å². The molecule has 0 aromatic heterocycles. The molecule has 1 fully saturated rings. The van der Waals surface area contributed by atoms with Gasteiger partial charge >= 0.3 is 0 Å². The molecule has 1 heterocycles. The van der Waals surface area contributed by atoms with E-state index < -0.39 is 12.0 Å². The van der Waals surface area contributed by atoms with Gasteiger partial charge < -0.3 is 19.7 Å². The molecule has 0 aliphatic carbocycles. The summed E-state index contributed by atoms with van der Waals surface area (Å²) in [6, 6.07) is 32.8. The van der Waals surface area contributed by atoms with Crippen LogP contribution in [-0.2, 0) is 38.7 Å². The van der Waals surface area contributed by atoms with Gasteiger partial charge in [-0.15, -0.1) is 0 Å². The summed E-state index contributed by atoms with van der Waals surface area (Å²) in [6.07, 6.45) is 0.200. The second-order valence-corrected chi connectivity index (χ2v) is 11.0. The average Bonchev–Trinajstić information content (AvgIpc) is 3.39. The molecule has 1 aliphatic rings. The summed E-state index contributed by atoms with van der Waals surface area (Å²) in [5, 5.41) is 3.51. The zero-order valence-electron chi connectivity index (χ0n) is 23.7. The van der Waals surface area contributed by atoms with Crippen molar-refractivity contribution in [1.82, 2.24) is 10.2 Å². The molecule has 0 radical (unpaired) electrons. The third-order valence-electron chi connectivity index (χ3n) is 7.25. The molecule has 2 atom stereocenters. The molecule has 4 aromatic carbocycles. The van der Waals surface area contributed by atoms with Gasteiger partial charge in [0.05, 0.1) is 19.1 Å². The van der Waals surface area contributed by atoms with Crippen molar-refractivity contribution in [2.24, 2.45) is 5.92 Å². The van der Waals surface area contributed by atoms with E-state index in [0.717, 1.165) is 22.4 Å². The normalized spacial score (nSPS) is 15.2. The fourth-order valence-electron chi connectivity index (χ4n) is 4.91. The van der Waals surface area contributed by atoms with E-state index in [2.05, 4.69) is 5.32 Å². The van der Waals surface area contributed by atoms with Crippen molar-refractivity contribution in [3.63, 3.8) is 0 Å². The maximum Gasteiger partial charge on any atom is 0.226 e. The highest BCUT2D eigenvalue weighted by Gasteiger charge is 2.36. The van der Waals surface area contributed by atoms with Crippen molar-refractivity contribution < 1.29 is 23.9 Å². The maximum absolute atomic E-state index is 13.5. The van der Waals surface area contributed by atoms with Crippen LogP contribution in [0.25, 0.3) is 0 Å². The Morgan fingerprint density at radius 1 is 0.814 bits per heavy atom. The second-order valence-electron chi connectivity index (χ2n) is 10.6. The first-order valence-electron chi connectivity index (χ1n) is 14.2. The van der Waals surface area contributed by atoms with Crippen LogP contribution in [0.15, 0.2) is 109 Å². The van der Waals surface area contributed by atoms with E-state index in [0.29, 0.717) is 23.9 Å². The number of nitrogens with zero attached hydrogens (tertiary/aromatic N) is 1. The lowest BCUT2D eigenvalue weighted by Gasteiger charge is -2.21. The van der Waals surface area contributed by atoms with Crippen LogP contribution in [-0.4, -0.2) is 41.7 Å². The lowest BCUT2D eigenvalue weighted by atomic mass is 10.0. The molecule has 0 bridgehead atoms. The SMILES string of the molecule is O=C(NC(COCc1ccccc1)C(=O)Cc1ccc(Oc2ccccc2)cc1)C1CC(=O)N(Cc2ccc(Cl)cc2)C1. The van der Waals surface area contributed by atoms with E-state index in [9.17, 15) is 14.4 Å². The van der Waals surface area contributed by atoms with E-state index >= 15 is 0 Å². The number of rotatable bonds is 13. The summed E-state index contributed by atoms with van der Waals surface area (Å²) < 4.78 is 11.7. The van der Waals surface area contributed by atoms with Gasteiger partial charge in [0.1, 0.15) is 17.5 Å². The fourth-order valence-corrected chi connectivity index (χ4v) is 5.03. The van der Waals surface area contributed by atoms with Crippen LogP contribution < -0.4 is 10.1 Å². The van der Waals surface area contributed by atoms with Gasteiger partial charge in [-0.3, -0.25) is 14.4 Å². The minimum atomic E-state index is -0.864. The third kappa shape index (κ3) is 8.77. The van der Waals surface area contributed by atoms with E-state index in [1.807, 2.05) is 97.1 Å². The van der Waals surface area contributed by atoms with Gasteiger partial charge in [-0.2, -0.15) is 0 Å². The molecule has 2 unspecified atom stereocenters. The van der Waals surface area contributed by atoms with Crippen molar-refractivity contribution >= 4 is 29.2 Å². The number of carbonyl (C=O) groups is 3.